The third-order valence-corrected chi connectivity index (χ3v) is 3.62. The van der Waals surface area contributed by atoms with Crippen LogP contribution in [0.2, 0.25) is 0 Å². The van der Waals surface area contributed by atoms with Crippen molar-refractivity contribution in [2.45, 2.75) is 38.6 Å². The summed E-state index contributed by atoms with van der Waals surface area (Å²) < 4.78 is 0. The van der Waals surface area contributed by atoms with Gasteiger partial charge in [-0.2, -0.15) is 0 Å². The Hall–Kier alpha value is -1.79. The summed E-state index contributed by atoms with van der Waals surface area (Å²) in [6, 6.07) is 7.66. The number of nitrogens with one attached hydrogen (secondary N) is 1. The van der Waals surface area contributed by atoms with Gasteiger partial charge in [-0.3, -0.25) is 4.79 Å². The van der Waals surface area contributed by atoms with Gasteiger partial charge in [0.15, 0.2) is 0 Å². The molecule has 1 aromatic carbocycles. The third kappa shape index (κ3) is 4.40. The van der Waals surface area contributed by atoms with Crippen molar-refractivity contribution in [3.05, 3.63) is 35.4 Å². The Kier molecular flexibility index (Phi) is 5.20. The van der Waals surface area contributed by atoms with Crippen LogP contribution in [-0.4, -0.2) is 18.5 Å². The molecule has 1 aromatic rings. The molecule has 106 valence electrons. The highest BCUT2D eigenvalue weighted by Crippen LogP contribution is 2.34. The molecule has 3 nitrogen and oxygen atoms in total. The number of hydrogen-bond acceptors (Lipinski definition) is 2. The Balaban J connectivity index is 1.93. The predicted octanol–water partition coefficient (Wildman–Crippen LogP) is 2.31. The van der Waals surface area contributed by atoms with Gasteiger partial charge in [-0.15, -0.1) is 0 Å². The van der Waals surface area contributed by atoms with Crippen molar-refractivity contribution in [3.8, 4) is 11.8 Å². The van der Waals surface area contributed by atoms with Gasteiger partial charge < -0.3 is 11.1 Å². The van der Waals surface area contributed by atoms with E-state index in [-0.39, 0.29) is 5.91 Å². The molecule has 1 aliphatic carbocycles. The fourth-order valence-corrected chi connectivity index (χ4v) is 2.21. The Morgan fingerprint density at radius 1 is 1.40 bits per heavy atom. The predicted molar refractivity (Wildman–Crippen MR) is 81.3 cm³/mol. The first-order valence-electron chi connectivity index (χ1n) is 7.32. The SMILES string of the molecule is CCC(CC1CC1)NC(=O)c1ccc(C#CCN)cc1. The Labute approximate surface area is 120 Å². The molecule has 0 radical (unpaired) electrons. The molecular weight excluding hydrogens is 248 g/mol. The molecule has 0 heterocycles. The summed E-state index contributed by atoms with van der Waals surface area (Å²) in [6.45, 7) is 2.47. The smallest absolute Gasteiger partial charge is 0.251 e. The van der Waals surface area contributed by atoms with Gasteiger partial charge in [0.05, 0.1) is 6.54 Å². The van der Waals surface area contributed by atoms with Crippen molar-refractivity contribution < 1.29 is 4.79 Å². The second-order valence-electron chi connectivity index (χ2n) is 5.34. The van der Waals surface area contributed by atoms with Crippen LogP contribution in [0.5, 0.6) is 0 Å². The van der Waals surface area contributed by atoms with E-state index >= 15 is 0 Å². The molecule has 0 aliphatic heterocycles. The number of amides is 1. The zero-order chi connectivity index (χ0) is 14.4. The van der Waals surface area contributed by atoms with Crippen molar-refractivity contribution in [2.75, 3.05) is 6.54 Å². The summed E-state index contributed by atoms with van der Waals surface area (Å²) >= 11 is 0. The van der Waals surface area contributed by atoms with Gasteiger partial charge in [0.1, 0.15) is 0 Å². The highest BCUT2D eigenvalue weighted by atomic mass is 16.1. The lowest BCUT2D eigenvalue weighted by molar-refractivity contribution is 0.0932. The Bertz CT molecular complexity index is 506. The van der Waals surface area contributed by atoms with Crippen LogP contribution in [0.4, 0.5) is 0 Å². The second-order valence-corrected chi connectivity index (χ2v) is 5.34. The van der Waals surface area contributed by atoms with Gasteiger partial charge in [-0.1, -0.05) is 31.6 Å². The highest BCUT2D eigenvalue weighted by molar-refractivity contribution is 5.94. The molecule has 2 rings (SSSR count). The van der Waals surface area contributed by atoms with Gasteiger partial charge >= 0.3 is 0 Å². The number of benzene rings is 1. The first kappa shape index (κ1) is 14.6. The number of rotatable bonds is 5. The zero-order valence-corrected chi connectivity index (χ0v) is 12.0. The molecule has 1 amide bonds. The number of carbonyl (C=O) groups excluding carboxylic acids is 1. The van der Waals surface area contributed by atoms with Gasteiger partial charge in [0.2, 0.25) is 0 Å². The standard InChI is InChI=1S/C17H22N2O/c1-2-16(12-14-5-6-14)19-17(20)15-9-7-13(8-10-15)4-3-11-18/h7-10,14,16H,2,5-6,11-12,18H2,1H3,(H,19,20). The first-order valence-corrected chi connectivity index (χ1v) is 7.32. The van der Waals surface area contributed by atoms with Crippen LogP contribution in [0.1, 0.15) is 48.5 Å². The number of nitrogens with two attached hydrogens (primary N) is 1. The normalized spacial score (nSPS) is 15.1. The highest BCUT2D eigenvalue weighted by Gasteiger charge is 2.25. The maximum atomic E-state index is 12.2. The molecule has 3 heteroatoms. The summed E-state index contributed by atoms with van der Waals surface area (Å²) in [6.07, 6.45) is 4.74. The fourth-order valence-electron chi connectivity index (χ4n) is 2.21. The molecule has 3 N–H and O–H groups in total. The van der Waals surface area contributed by atoms with Crippen LogP contribution in [0, 0.1) is 17.8 Å². The van der Waals surface area contributed by atoms with Crippen LogP contribution in [0.3, 0.4) is 0 Å². The summed E-state index contributed by atoms with van der Waals surface area (Å²) in [5.74, 6) is 6.59. The molecule has 1 saturated carbocycles. The zero-order valence-electron chi connectivity index (χ0n) is 12.0. The lowest BCUT2D eigenvalue weighted by Gasteiger charge is -2.16. The fraction of sp³-hybridized carbons (Fsp3) is 0.471. The number of hydrogen-bond donors (Lipinski definition) is 2. The maximum Gasteiger partial charge on any atom is 0.251 e. The largest absolute Gasteiger partial charge is 0.349 e. The van der Waals surface area contributed by atoms with Gasteiger partial charge in [-0.25, -0.2) is 0 Å². The molecule has 0 bridgehead atoms. The average Bonchev–Trinajstić information content (AvgIpc) is 3.28. The van der Waals surface area contributed by atoms with E-state index in [4.69, 9.17) is 5.73 Å². The van der Waals surface area contributed by atoms with E-state index in [0.29, 0.717) is 18.2 Å². The topological polar surface area (TPSA) is 55.1 Å². The van der Waals surface area contributed by atoms with Crippen molar-refractivity contribution in [3.63, 3.8) is 0 Å². The average molecular weight is 270 g/mol. The van der Waals surface area contributed by atoms with E-state index in [1.54, 1.807) is 0 Å². The Morgan fingerprint density at radius 2 is 2.10 bits per heavy atom. The van der Waals surface area contributed by atoms with Crippen LogP contribution >= 0.6 is 0 Å². The van der Waals surface area contributed by atoms with E-state index in [0.717, 1.165) is 24.3 Å². The van der Waals surface area contributed by atoms with Gasteiger partial charge in [0, 0.05) is 17.2 Å². The monoisotopic (exact) mass is 270 g/mol. The van der Waals surface area contributed by atoms with Gasteiger partial charge in [-0.05, 0) is 43.0 Å². The minimum atomic E-state index is 0.0100. The maximum absolute atomic E-state index is 12.2. The molecule has 20 heavy (non-hydrogen) atoms. The molecule has 1 atom stereocenters. The van der Waals surface area contributed by atoms with Crippen molar-refractivity contribution >= 4 is 5.91 Å². The van der Waals surface area contributed by atoms with E-state index in [1.807, 2.05) is 24.3 Å². The van der Waals surface area contributed by atoms with E-state index < -0.39 is 0 Å². The Morgan fingerprint density at radius 3 is 2.65 bits per heavy atom. The van der Waals surface area contributed by atoms with E-state index in [2.05, 4.69) is 24.1 Å². The second kappa shape index (κ2) is 7.12. The van der Waals surface area contributed by atoms with Crippen LogP contribution in [0.25, 0.3) is 0 Å². The quantitative estimate of drug-likeness (QED) is 0.807. The summed E-state index contributed by atoms with van der Waals surface area (Å²) in [5.41, 5.74) is 6.91. The minimum absolute atomic E-state index is 0.0100. The van der Waals surface area contributed by atoms with E-state index in [1.165, 1.54) is 12.8 Å². The summed E-state index contributed by atoms with van der Waals surface area (Å²) in [7, 11) is 0. The van der Waals surface area contributed by atoms with E-state index in [9.17, 15) is 4.79 Å². The van der Waals surface area contributed by atoms with Crippen LogP contribution in [0.15, 0.2) is 24.3 Å². The molecule has 0 spiro atoms. The third-order valence-electron chi connectivity index (χ3n) is 3.62. The molecule has 1 unspecified atom stereocenters. The first-order chi connectivity index (χ1) is 9.72. The molecule has 0 saturated heterocycles. The minimum Gasteiger partial charge on any atom is -0.349 e. The van der Waals surface area contributed by atoms with Crippen LogP contribution in [-0.2, 0) is 0 Å². The lowest BCUT2D eigenvalue weighted by Crippen LogP contribution is -2.34. The van der Waals surface area contributed by atoms with Gasteiger partial charge in [0.25, 0.3) is 5.91 Å². The number of carbonyl (C=O) groups is 1. The lowest BCUT2D eigenvalue weighted by atomic mass is 10.1. The summed E-state index contributed by atoms with van der Waals surface area (Å²) in [5, 5.41) is 3.12. The molecular formula is C17H22N2O. The summed E-state index contributed by atoms with van der Waals surface area (Å²) in [4.78, 5) is 12.2. The molecule has 0 aromatic heterocycles. The molecule has 1 aliphatic rings. The van der Waals surface area contributed by atoms with Crippen molar-refractivity contribution in [2.24, 2.45) is 11.7 Å². The molecule has 1 fully saturated rings. The van der Waals surface area contributed by atoms with Crippen LogP contribution < -0.4 is 11.1 Å². The van der Waals surface area contributed by atoms with Crippen molar-refractivity contribution in [1.82, 2.24) is 5.32 Å². The van der Waals surface area contributed by atoms with Crippen molar-refractivity contribution in [1.29, 1.82) is 0 Å².